The highest BCUT2D eigenvalue weighted by Crippen LogP contribution is 2.19. The standard InChI is InChI=1S/C20H24FN3O4/c1-14(22-19(25)16-5-10-28-13-16)20(26)24-8-6-23(7-9-24)12-15-3-4-18(27-2)17(21)11-15/h3-5,10-11,13-14H,6-9,12H2,1-2H3,(H,22,25). The Bertz CT molecular complexity index is 817. The number of halogens is 1. The highest BCUT2D eigenvalue weighted by molar-refractivity contribution is 5.97. The van der Waals surface area contributed by atoms with E-state index >= 15 is 0 Å². The number of carbonyl (C=O) groups excluding carboxylic acids is 2. The van der Waals surface area contributed by atoms with Crippen LogP contribution >= 0.6 is 0 Å². The fraction of sp³-hybridized carbons (Fsp3) is 0.400. The zero-order valence-electron chi connectivity index (χ0n) is 16.0. The summed E-state index contributed by atoms with van der Waals surface area (Å²) in [6, 6.07) is 5.86. The summed E-state index contributed by atoms with van der Waals surface area (Å²) in [6.45, 7) is 4.76. The third kappa shape index (κ3) is 4.69. The Morgan fingerprint density at radius 1 is 1.25 bits per heavy atom. The molecule has 1 aliphatic heterocycles. The van der Waals surface area contributed by atoms with E-state index in [-0.39, 0.29) is 23.4 Å². The zero-order chi connectivity index (χ0) is 20.1. The lowest BCUT2D eigenvalue weighted by molar-refractivity contribution is -0.134. The SMILES string of the molecule is COc1ccc(CN2CCN(C(=O)C(C)NC(=O)c3ccoc3)CC2)cc1F. The number of amides is 2. The van der Waals surface area contributed by atoms with Gasteiger partial charge in [0.05, 0.1) is 18.9 Å². The van der Waals surface area contributed by atoms with Crippen LogP contribution in [0.25, 0.3) is 0 Å². The molecule has 7 nitrogen and oxygen atoms in total. The molecule has 8 heteroatoms. The highest BCUT2D eigenvalue weighted by Gasteiger charge is 2.26. The fourth-order valence-corrected chi connectivity index (χ4v) is 3.20. The van der Waals surface area contributed by atoms with Crippen LogP contribution in [0.3, 0.4) is 0 Å². The van der Waals surface area contributed by atoms with Gasteiger partial charge in [0, 0.05) is 32.7 Å². The second kappa shape index (κ2) is 8.88. The van der Waals surface area contributed by atoms with Gasteiger partial charge in [-0.05, 0) is 30.7 Å². The van der Waals surface area contributed by atoms with Gasteiger partial charge in [-0.1, -0.05) is 6.07 Å². The molecule has 0 saturated carbocycles. The average Bonchev–Trinajstić information content (AvgIpc) is 3.23. The van der Waals surface area contributed by atoms with Gasteiger partial charge in [-0.15, -0.1) is 0 Å². The molecule has 2 heterocycles. The summed E-state index contributed by atoms with van der Waals surface area (Å²) in [5, 5.41) is 2.69. The predicted molar refractivity (Wildman–Crippen MR) is 100 cm³/mol. The van der Waals surface area contributed by atoms with Crippen LogP contribution in [0.4, 0.5) is 4.39 Å². The molecule has 0 spiro atoms. The summed E-state index contributed by atoms with van der Waals surface area (Å²) in [5.41, 5.74) is 1.25. The van der Waals surface area contributed by atoms with Crippen LogP contribution in [0, 0.1) is 5.82 Å². The lowest BCUT2D eigenvalue weighted by atomic mass is 10.1. The Labute approximate surface area is 163 Å². The van der Waals surface area contributed by atoms with E-state index in [1.54, 1.807) is 24.0 Å². The van der Waals surface area contributed by atoms with Gasteiger partial charge in [0.2, 0.25) is 5.91 Å². The Morgan fingerprint density at radius 3 is 2.61 bits per heavy atom. The van der Waals surface area contributed by atoms with Gasteiger partial charge in [-0.2, -0.15) is 0 Å². The van der Waals surface area contributed by atoms with Crippen molar-refractivity contribution < 1.29 is 23.1 Å². The molecule has 2 aromatic rings. The van der Waals surface area contributed by atoms with Crippen molar-refractivity contribution >= 4 is 11.8 Å². The van der Waals surface area contributed by atoms with Gasteiger partial charge < -0.3 is 19.4 Å². The second-order valence-corrected chi connectivity index (χ2v) is 6.78. The summed E-state index contributed by atoms with van der Waals surface area (Å²) < 4.78 is 23.6. The topological polar surface area (TPSA) is 75.0 Å². The van der Waals surface area contributed by atoms with Crippen LogP contribution in [0.1, 0.15) is 22.8 Å². The number of carbonyl (C=O) groups is 2. The molecule has 3 rings (SSSR count). The van der Waals surface area contributed by atoms with Crippen LogP contribution in [0.2, 0.25) is 0 Å². The van der Waals surface area contributed by atoms with E-state index in [1.165, 1.54) is 25.7 Å². The first kappa shape index (κ1) is 19.9. The molecular formula is C20H24FN3O4. The molecular weight excluding hydrogens is 365 g/mol. The van der Waals surface area contributed by atoms with Crippen molar-refractivity contribution in [3.8, 4) is 5.75 Å². The van der Waals surface area contributed by atoms with Gasteiger partial charge in [-0.25, -0.2) is 4.39 Å². The highest BCUT2D eigenvalue weighted by atomic mass is 19.1. The molecule has 0 radical (unpaired) electrons. The van der Waals surface area contributed by atoms with E-state index < -0.39 is 6.04 Å². The van der Waals surface area contributed by atoms with E-state index in [0.29, 0.717) is 38.3 Å². The van der Waals surface area contributed by atoms with Crippen molar-refractivity contribution in [1.29, 1.82) is 0 Å². The zero-order valence-corrected chi connectivity index (χ0v) is 16.0. The van der Waals surface area contributed by atoms with Gasteiger partial charge in [0.15, 0.2) is 11.6 Å². The number of piperazine rings is 1. The number of nitrogens with one attached hydrogen (secondary N) is 1. The Hall–Kier alpha value is -2.87. The normalized spacial score (nSPS) is 15.9. The minimum Gasteiger partial charge on any atom is -0.494 e. The van der Waals surface area contributed by atoms with E-state index in [4.69, 9.17) is 9.15 Å². The van der Waals surface area contributed by atoms with Gasteiger partial charge >= 0.3 is 0 Å². The van der Waals surface area contributed by atoms with Crippen LogP contribution in [-0.4, -0.2) is 60.9 Å². The number of benzene rings is 1. The predicted octanol–water partition coefficient (Wildman–Crippen LogP) is 1.89. The van der Waals surface area contributed by atoms with Crippen LogP contribution in [0.5, 0.6) is 5.75 Å². The molecule has 28 heavy (non-hydrogen) atoms. The van der Waals surface area contributed by atoms with Crippen molar-refractivity contribution in [3.05, 3.63) is 53.7 Å². The summed E-state index contributed by atoms with van der Waals surface area (Å²) in [6.07, 6.45) is 2.75. The lowest BCUT2D eigenvalue weighted by Gasteiger charge is -2.36. The number of hydrogen-bond donors (Lipinski definition) is 1. The van der Waals surface area contributed by atoms with Crippen molar-refractivity contribution in [3.63, 3.8) is 0 Å². The first-order chi connectivity index (χ1) is 13.5. The van der Waals surface area contributed by atoms with Crippen molar-refractivity contribution in [2.75, 3.05) is 33.3 Å². The van der Waals surface area contributed by atoms with Crippen LogP contribution in [0.15, 0.2) is 41.2 Å². The molecule has 1 saturated heterocycles. The number of methoxy groups -OCH3 is 1. The molecule has 0 bridgehead atoms. The number of rotatable bonds is 6. The Kier molecular flexibility index (Phi) is 6.30. The lowest BCUT2D eigenvalue weighted by Crippen LogP contribution is -2.53. The maximum Gasteiger partial charge on any atom is 0.255 e. The number of nitrogens with zero attached hydrogens (tertiary/aromatic N) is 2. The number of hydrogen-bond acceptors (Lipinski definition) is 5. The third-order valence-corrected chi connectivity index (χ3v) is 4.81. The molecule has 1 aliphatic rings. The van der Waals surface area contributed by atoms with Crippen molar-refractivity contribution in [2.45, 2.75) is 19.5 Å². The first-order valence-electron chi connectivity index (χ1n) is 9.14. The Morgan fingerprint density at radius 2 is 2.00 bits per heavy atom. The van der Waals surface area contributed by atoms with Crippen molar-refractivity contribution in [1.82, 2.24) is 15.1 Å². The largest absolute Gasteiger partial charge is 0.494 e. The maximum atomic E-state index is 13.8. The summed E-state index contributed by atoms with van der Waals surface area (Å²) in [7, 11) is 1.44. The molecule has 1 aromatic carbocycles. The summed E-state index contributed by atoms with van der Waals surface area (Å²) in [4.78, 5) is 28.5. The molecule has 1 N–H and O–H groups in total. The van der Waals surface area contributed by atoms with Gasteiger partial charge in [-0.3, -0.25) is 14.5 Å². The second-order valence-electron chi connectivity index (χ2n) is 6.78. The number of ether oxygens (including phenoxy) is 1. The first-order valence-corrected chi connectivity index (χ1v) is 9.14. The molecule has 1 fully saturated rings. The fourth-order valence-electron chi connectivity index (χ4n) is 3.20. The number of furan rings is 1. The minimum atomic E-state index is -0.621. The third-order valence-electron chi connectivity index (χ3n) is 4.81. The van der Waals surface area contributed by atoms with Gasteiger partial charge in [0.25, 0.3) is 5.91 Å². The van der Waals surface area contributed by atoms with E-state index in [9.17, 15) is 14.0 Å². The van der Waals surface area contributed by atoms with Crippen molar-refractivity contribution in [2.24, 2.45) is 0 Å². The molecule has 150 valence electrons. The Balaban J connectivity index is 1.48. The molecule has 1 unspecified atom stereocenters. The molecule has 2 amide bonds. The maximum absolute atomic E-state index is 13.8. The molecule has 1 aromatic heterocycles. The van der Waals surface area contributed by atoms with E-state index in [0.717, 1.165) is 5.56 Å². The van der Waals surface area contributed by atoms with Gasteiger partial charge in [0.1, 0.15) is 12.3 Å². The monoisotopic (exact) mass is 389 g/mol. The summed E-state index contributed by atoms with van der Waals surface area (Å²) >= 11 is 0. The van der Waals surface area contributed by atoms with Crippen LogP contribution < -0.4 is 10.1 Å². The van der Waals surface area contributed by atoms with E-state index in [2.05, 4.69) is 10.2 Å². The van der Waals surface area contributed by atoms with Crippen LogP contribution in [-0.2, 0) is 11.3 Å². The van der Waals surface area contributed by atoms with E-state index in [1.807, 2.05) is 6.07 Å². The molecule has 1 atom stereocenters. The summed E-state index contributed by atoms with van der Waals surface area (Å²) in [5.74, 6) is -0.608. The smallest absolute Gasteiger partial charge is 0.255 e. The average molecular weight is 389 g/mol. The minimum absolute atomic E-state index is 0.119. The quantitative estimate of drug-likeness (QED) is 0.817. The molecule has 0 aliphatic carbocycles.